The maximum atomic E-state index is 11.2. The Morgan fingerprint density at radius 1 is 0.158 bits per heavy atom. The van der Waals surface area contributed by atoms with Gasteiger partial charge in [-0.15, -0.1) is 0 Å². The minimum Gasteiger partial charge on any atom is -0.460 e. The van der Waals surface area contributed by atoms with Crippen molar-refractivity contribution in [2.45, 2.75) is 330 Å². The Kier molecular flexibility index (Phi) is 107. The van der Waals surface area contributed by atoms with Gasteiger partial charge in [0, 0.05) is 66.2 Å². The largest absolute Gasteiger partial charge is 0.460 e. The molecule has 0 N–H and O–H groups in total. The van der Waals surface area contributed by atoms with Crippen molar-refractivity contribution in [2.24, 2.45) is 0 Å². The molecule has 0 bridgehead atoms. The molecular formula is C109H238N10O20+10. The number of hydrogen-bond donors (Lipinski definition) is 0. The predicted octanol–water partition coefficient (Wildman–Crippen LogP) is 17.8. The Morgan fingerprint density at radius 3 is 0.439 bits per heavy atom. The van der Waals surface area contributed by atoms with Crippen LogP contribution >= 0.6 is 0 Å². The van der Waals surface area contributed by atoms with Crippen LogP contribution in [0.25, 0.3) is 0 Å². The van der Waals surface area contributed by atoms with E-state index in [-0.39, 0.29) is 59.7 Å². The molecule has 0 aromatic rings. The van der Waals surface area contributed by atoms with Crippen LogP contribution in [0.3, 0.4) is 0 Å². The van der Waals surface area contributed by atoms with E-state index in [1.165, 1.54) is 144 Å². The van der Waals surface area contributed by atoms with Crippen molar-refractivity contribution in [3.05, 3.63) is 0 Å². The third kappa shape index (κ3) is 98.1. The molecule has 834 valence electrons. The first-order valence-electron chi connectivity index (χ1n) is 55.0. The lowest BCUT2D eigenvalue weighted by molar-refractivity contribution is -0.927. The van der Waals surface area contributed by atoms with E-state index in [0.29, 0.717) is 105 Å². The van der Waals surface area contributed by atoms with Crippen molar-refractivity contribution in [1.29, 1.82) is 0 Å². The molecule has 0 radical (unpaired) electrons. The zero-order chi connectivity index (χ0) is 110. The van der Waals surface area contributed by atoms with E-state index in [4.69, 9.17) is 47.4 Å². The third-order valence-corrected chi connectivity index (χ3v) is 26.0. The maximum Gasteiger partial charge on any atom is 0.305 e. The molecule has 2 atom stereocenters. The molecule has 30 nitrogen and oxygen atoms in total. The lowest BCUT2D eigenvalue weighted by Crippen LogP contribution is -2.51. The summed E-state index contributed by atoms with van der Waals surface area (Å²) in [6.45, 7) is 102. The number of rotatable bonds is 69. The zero-order valence-corrected chi connectivity index (χ0v) is 99.4. The summed E-state index contributed by atoms with van der Waals surface area (Å²) in [6.07, 6.45) is 16.9. The summed E-state index contributed by atoms with van der Waals surface area (Å²) < 4.78 is 60.4. The van der Waals surface area contributed by atoms with Crippen molar-refractivity contribution in [1.82, 2.24) is 0 Å². The molecule has 0 aliphatic heterocycles. The van der Waals surface area contributed by atoms with Gasteiger partial charge in [-0.05, 0) is 154 Å². The van der Waals surface area contributed by atoms with Crippen LogP contribution in [0.15, 0.2) is 0 Å². The van der Waals surface area contributed by atoms with E-state index >= 15 is 0 Å². The first-order valence-corrected chi connectivity index (χ1v) is 55.0. The molecule has 139 heavy (non-hydrogen) atoms. The summed E-state index contributed by atoms with van der Waals surface area (Å²) in [4.78, 5) is 108. The molecule has 0 aromatic carbocycles. The summed E-state index contributed by atoms with van der Waals surface area (Å²) in [5.41, 5.74) is 0. The Hall–Kier alpha value is -5.70. The van der Waals surface area contributed by atoms with E-state index in [1.54, 1.807) is 6.92 Å². The van der Waals surface area contributed by atoms with Crippen molar-refractivity contribution < 1.29 is 140 Å². The summed E-state index contributed by atoms with van der Waals surface area (Å²) in [7, 11) is 18.6. The van der Waals surface area contributed by atoms with Gasteiger partial charge >= 0.3 is 59.7 Å². The summed E-state index contributed by atoms with van der Waals surface area (Å²) in [6, 6.07) is 0. The predicted molar refractivity (Wildman–Crippen MR) is 575 cm³/mol. The molecule has 0 amide bonds. The van der Waals surface area contributed by atoms with Crippen molar-refractivity contribution in [2.75, 3.05) is 332 Å². The molecule has 0 aliphatic carbocycles. The van der Waals surface area contributed by atoms with E-state index in [9.17, 15) is 47.9 Å². The smallest absolute Gasteiger partial charge is 0.305 e. The highest BCUT2D eigenvalue weighted by Crippen LogP contribution is 2.16. The molecule has 0 aliphatic rings. The number of esters is 10. The van der Waals surface area contributed by atoms with Crippen LogP contribution in [0.2, 0.25) is 0 Å². The monoisotopic (exact) mass is 2010 g/mol. The van der Waals surface area contributed by atoms with E-state index in [1.807, 2.05) is 34.6 Å². The lowest BCUT2D eigenvalue weighted by atomic mass is 10.2. The quantitative estimate of drug-likeness (QED) is 0.0311. The minimum absolute atomic E-state index is 0.0566. The van der Waals surface area contributed by atoms with Gasteiger partial charge in [0.25, 0.3) is 0 Å². The van der Waals surface area contributed by atoms with Gasteiger partial charge in [-0.1, -0.05) is 110 Å². The second kappa shape index (κ2) is 97.1. The normalized spacial score (nSPS) is 12.1. The van der Waals surface area contributed by atoms with Crippen LogP contribution in [0.5, 0.6) is 0 Å². The number of quaternary nitrogens is 10. The van der Waals surface area contributed by atoms with Crippen molar-refractivity contribution in [3.63, 3.8) is 0 Å². The molecule has 2 unspecified atom stereocenters. The van der Waals surface area contributed by atoms with E-state index in [0.717, 1.165) is 208 Å². The van der Waals surface area contributed by atoms with Crippen LogP contribution in [0.4, 0.5) is 0 Å². The average molecular weight is 2010 g/mol. The van der Waals surface area contributed by atoms with Crippen LogP contribution in [-0.4, -0.2) is 437 Å². The van der Waals surface area contributed by atoms with Crippen LogP contribution < -0.4 is 0 Å². The Labute approximate surface area is 858 Å². The Balaban J connectivity index is -0.000000167. The molecule has 0 aromatic heterocycles. The van der Waals surface area contributed by atoms with Gasteiger partial charge in [0.05, 0.1) is 201 Å². The fourth-order valence-electron chi connectivity index (χ4n) is 15.4. The Morgan fingerprint density at radius 2 is 0.302 bits per heavy atom. The standard InChI is InChI=1S/C14H30NO2.2C13H28NO2.2C12H26NO2.C11H24NO2.C10H22NO2.C9H20NO2.C8H18NO2.C7H16NO2/c1-5-9-11-15(8-4,10-6-2)12-13-17-14(16)7-3;1-5-8-10-14(7-3,9-6-2)11-12-16-13(4)15;1-5-9-14(8-4,10-6-2)11-12-16-13(15)7-3;1-5-8-13(7-3,9-6-2)10-11-15-12(4)14;1-5-9-12(14)15-11-10-13(6-2,7-3)8-4;1-5-11(13)14-10-9-12(6-2,7-3)8-4;1-5-11(6-2,7-3)8-9-13-10(4)12;1-5-6-9(11)12-8-7-10(2,3)4;1-5-8(10)11-7-6-9(2,3)4;1-7(9)10-6-5-8(2,3)4/h5-13H2,1-4H3;2*5-12H2,1-4H3;2*5-11H2,1-4H3;5-10H2,1-4H3;5-9H2,1-4H3;5-8H2,1-4H3;5-7H2,1-4H3;5-6H2,1-4H3/q10*+1. The van der Waals surface area contributed by atoms with E-state index in [2.05, 4.69) is 209 Å². The van der Waals surface area contributed by atoms with Crippen molar-refractivity contribution in [3.8, 4) is 0 Å². The fourth-order valence-corrected chi connectivity index (χ4v) is 15.4. The lowest BCUT2D eigenvalue weighted by Gasteiger charge is -2.37. The number of carbonyl (C=O) groups is 10. The molecular weight excluding hydrogens is 1770 g/mol. The van der Waals surface area contributed by atoms with Crippen LogP contribution in [0.1, 0.15) is 330 Å². The number of carbonyl (C=O) groups excluding carboxylic acids is 10. The molecule has 0 saturated carbocycles. The van der Waals surface area contributed by atoms with Gasteiger partial charge in [-0.3, -0.25) is 47.9 Å². The van der Waals surface area contributed by atoms with Gasteiger partial charge in [0.2, 0.25) is 0 Å². The highest BCUT2D eigenvalue weighted by molar-refractivity contribution is 5.71. The molecule has 0 rings (SSSR count). The van der Waals surface area contributed by atoms with Crippen LogP contribution in [0, 0.1) is 0 Å². The fraction of sp³-hybridized carbons (Fsp3) is 0.908. The second-order valence-corrected chi connectivity index (χ2v) is 39.7. The molecule has 0 saturated heterocycles. The van der Waals surface area contributed by atoms with E-state index < -0.39 is 0 Å². The van der Waals surface area contributed by atoms with Gasteiger partial charge in [-0.2, -0.15) is 0 Å². The highest BCUT2D eigenvalue weighted by Gasteiger charge is 2.30. The van der Waals surface area contributed by atoms with Gasteiger partial charge in [0.15, 0.2) is 0 Å². The molecule has 30 heteroatoms. The van der Waals surface area contributed by atoms with Gasteiger partial charge < -0.3 is 92.2 Å². The minimum atomic E-state index is -0.201. The zero-order valence-electron chi connectivity index (χ0n) is 99.4. The first-order chi connectivity index (χ1) is 65.2. The summed E-state index contributed by atoms with van der Waals surface area (Å²) in [5.74, 6) is -1.21. The highest BCUT2D eigenvalue weighted by atomic mass is 16.6. The maximum absolute atomic E-state index is 11.2. The topological polar surface area (TPSA) is 263 Å². The number of unbranched alkanes of at least 4 members (excludes halogenated alkanes) is 2. The second-order valence-electron chi connectivity index (χ2n) is 39.7. The van der Waals surface area contributed by atoms with Crippen LogP contribution in [-0.2, 0) is 95.3 Å². The first kappa shape index (κ1) is 153. The molecule has 0 heterocycles. The van der Waals surface area contributed by atoms with Crippen molar-refractivity contribution >= 4 is 59.7 Å². The molecule has 0 spiro atoms. The molecule has 0 fully saturated rings. The summed E-state index contributed by atoms with van der Waals surface area (Å²) in [5, 5.41) is 0. The summed E-state index contributed by atoms with van der Waals surface area (Å²) >= 11 is 0. The van der Waals surface area contributed by atoms with Gasteiger partial charge in [-0.25, -0.2) is 0 Å². The average Bonchev–Trinajstić information content (AvgIpc) is 0.861. The third-order valence-electron chi connectivity index (χ3n) is 26.0. The SMILES string of the molecule is CC(=O)OCC[N+](C)(C)C.CCC(=O)OCC[N+](C)(C)C.CCC(=O)OCC[N+](CC)(CC)CC.CCCC(=O)OCC[N+](C)(C)C.CCCC(=O)OCC[N+](CC)(CC)CC.CCCC[N+](CC)(CCC)CCOC(=O)CC.CCCC[N+](CC)(CCC)CCOC(C)=O.CCC[N+](CC)(CCC)CCOC(=O)CC.CCC[N+](CC)(CCC)CCOC(C)=O.CC[N+](CC)(CC)CCOC(C)=O. The van der Waals surface area contributed by atoms with Gasteiger partial charge in [0.1, 0.15) is 132 Å². The number of nitrogens with zero attached hydrogens (tertiary/aromatic N) is 10. The number of ether oxygens (including phenoxy) is 10. The number of hydrogen-bond acceptors (Lipinski definition) is 20. The Bertz CT molecular complexity index is 2860. The number of likely N-dealkylation sites (N-methyl/N-ethyl adjacent to an activating group) is 10.